The molecule has 1 saturated heterocycles. The lowest BCUT2D eigenvalue weighted by molar-refractivity contribution is -0.129. The molecular weight excluding hydrogens is 355 g/mol. The second kappa shape index (κ2) is 10.2. The number of ketones is 1. The summed E-state index contributed by atoms with van der Waals surface area (Å²) in [5.41, 5.74) is 0.638. The fraction of sp³-hybridized carbons (Fsp3) is 0.500. The van der Waals surface area contributed by atoms with E-state index in [4.69, 9.17) is 11.6 Å². The quantitative estimate of drug-likeness (QED) is 0.743. The molecule has 2 rings (SSSR count). The molecule has 1 N–H and O–H groups in total. The predicted octanol–water partition coefficient (Wildman–Crippen LogP) is 2.89. The number of likely N-dealkylation sites (tertiary alicyclic amines) is 1. The molecule has 1 aromatic carbocycles. The number of benzene rings is 1. The Balaban J connectivity index is 0.00000264. The molecule has 128 valence electrons. The van der Waals surface area contributed by atoms with Crippen LogP contribution in [0.25, 0.3) is 0 Å². The van der Waals surface area contributed by atoms with Crippen molar-refractivity contribution in [3.8, 4) is 0 Å². The highest BCUT2D eigenvalue weighted by Crippen LogP contribution is 2.19. The first-order valence-electron chi connectivity index (χ1n) is 7.42. The van der Waals surface area contributed by atoms with Gasteiger partial charge in [0.15, 0.2) is 5.78 Å². The zero-order chi connectivity index (χ0) is 15.9. The van der Waals surface area contributed by atoms with E-state index in [-0.39, 0.29) is 24.1 Å². The molecule has 1 fully saturated rings. The predicted molar refractivity (Wildman–Crippen MR) is 99.0 cm³/mol. The molecule has 1 aromatic rings. The van der Waals surface area contributed by atoms with Crippen LogP contribution in [-0.2, 0) is 4.79 Å². The Hall–Kier alpha value is -0.750. The largest absolute Gasteiger partial charge is 0.338 e. The summed E-state index contributed by atoms with van der Waals surface area (Å²) in [6.07, 6.45) is 2.12. The highest BCUT2D eigenvalue weighted by molar-refractivity contribution is 8.00. The summed E-state index contributed by atoms with van der Waals surface area (Å²) in [4.78, 5) is 26.2. The molecule has 1 unspecified atom stereocenters. The topological polar surface area (TPSA) is 49.4 Å². The Kier molecular flexibility index (Phi) is 8.99. The van der Waals surface area contributed by atoms with Crippen LogP contribution in [-0.4, -0.2) is 54.3 Å². The van der Waals surface area contributed by atoms with Gasteiger partial charge in [0.05, 0.1) is 11.5 Å². The van der Waals surface area contributed by atoms with Gasteiger partial charge in [0.25, 0.3) is 0 Å². The van der Waals surface area contributed by atoms with Crippen LogP contribution < -0.4 is 5.32 Å². The maximum absolute atomic E-state index is 12.2. The summed E-state index contributed by atoms with van der Waals surface area (Å²) in [5, 5.41) is 3.74. The summed E-state index contributed by atoms with van der Waals surface area (Å²) in [5.74, 6) is 0.839. The number of hydrogen-bond acceptors (Lipinski definition) is 4. The number of carbonyl (C=O) groups is 2. The minimum Gasteiger partial charge on any atom is -0.338 e. The second-order valence-corrected chi connectivity index (χ2v) is 6.79. The lowest BCUT2D eigenvalue weighted by atomic mass is 10.1. The van der Waals surface area contributed by atoms with Crippen LogP contribution in [0.5, 0.6) is 0 Å². The Morgan fingerprint density at radius 1 is 1.30 bits per heavy atom. The average Bonchev–Trinajstić information content (AvgIpc) is 2.96. The normalized spacial score (nSPS) is 17.0. The number of amides is 1. The van der Waals surface area contributed by atoms with Gasteiger partial charge < -0.3 is 10.2 Å². The van der Waals surface area contributed by atoms with Crippen LogP contribution in [0.3, 0.4) is 0 Å². The van der Waals surface area contributed by atoms with Crippen molar-refractivity contribution in [2.45, 2.75) is 18.9 Å². The molecule has 0 aliphatic carbocycles. The van der Waals surface area contributed by atoms with Gasteiger partial charge in [0.1, 0.15) is 0 Å². The third kappa shape index (κ3) is 5.99. The van der Waals surface area contributed by atoms with Crippen LogP contribution in [0, 0.1) is 0 Å². The molecule has 0 spiro atoms. The molecule has 1 atom stereocenters. The van der Waals surface area contributed by atoms with Gasteiger partial charge in [-0.3, -0.25) is 9.59 Å². The fourth-order valence-corrected chi connectivity index (χ4v) is 3.57. The van der Waals surface area contributed by atoms with E-state index in [9.17, 15) is 9.59 Å². The van der Waals surface area contributed by atoms with E-state index >= 15 is 0 Å². The van der Waals surface area contributed by atoms with E-state index in [1.807, 2.05) is 11.9 Å². The number of carbonyl (C=O) groups excluding carboxylic acids is 2. The average molecular weight is 377 g/mol. The van der Waals surface area contributed by atoms with Crippen molar-refractivity contribution < 1.29 is 9.59 Å². The van der Waals surface area contributed by atoms with E-state index in [0.717, 1.165) is 25.9 Å². The first kappa shape index (κ1) is 20.3. The molecule has 0 saturated carbocycles. The van der Waals surface area contributed by atoms with Gasteiger partial charge in [-0.25, -0.2) is 0 Å². The maximum Gasteiger partial charge on any atom is 0.232 e. The van der Waals surface area contributed by atoms with Gasteiger partial charge in [0.2, 0.25) is 5.91 Å². The van der Waals surface area contributed by atoms with Crippen molar-refractivity contribution in [3.05, 3.63) is 34.9 Å². The number of halogens is 2. The maximum atomic E-state index is 12.2. The van der Waals surface area contributed by atoms with Crippen LogP contribution in [0.1, 0.15) is 23.2 Å². The number of Topliss-reactive ketones (excluding diaryl/α,β-unsaturated/α-hetero) is 1. The first-order valence-corrected chi connectivity index (χ1v) is 8.95. The van der Waals surface area contributed by atoms with Gasteiger partial charge in [-0.2, -0.15) is 0 Å². The summed E-state index contributed by atoms with van der Waals surface area (Å²) in [6, 6.07) is 7.14. The SMILES string of the molecule is CNCC1CCCN1C(=O)CSCC(=O)c1ccc(Cl)cc1.Cl. The molecular formula is C16H22Cl2N2O2S. The number of rotatable bonds is 7. The van der Waals surface area contributed by atoms with Gasteiger partial charge in [-0.15, -0.1) is 24.2 Å². The van der Waals surface area contributed by atoms with E-state index in [2.05, 4.69) is 5.32 Å². The Morgan fingerprint density at radius 2 is 2.00 bits per heavy atom. The van der Waals surface area contributed by atoms with E-state index in [1.54, 1.807) is 24.3 Å². The zero-order valence-corrected chi connectivity index (χ0v) is 15.5. The van der Waals surface area contributed by atoms with Gasteiger partial charge >= 0.3 is 0 Å². The minimum absolute atomic E-state index is 0. The highest BCUT2D eigenvalue weighted by Gasteiger charge is 2.27. The van der Waals surface area contributed by atoms with Gasteiger partial charge in [-0.1, -0.05) is 11.6 Å². The third-order valence-electron chi connectivity index (χ3n) is 3.76. The highest BCUT2D eigenvalue weighted by atomic mass is 35.5. The lowest BCUT2D eigenvalue weighted by Crippen LogP contribution is -2.41. The molecule has 1 aliphatic heterocycles. The van der Waals surface area contributed by atoms with Crippen molar-refractivity contribution in [1.82, 2.24) is 10.2 Å². The number of nitrogens with one attached hydrogen (secondary N) is 1. The first-order chi connectivity index (χ1) is 10.6. The Labute approximate surface area is 152 Å². The Bertz CT molecular complexity index is 525. The lowest BCUT2D eigenvalue weighted by Gasteiger charge is -2.24. The minimum atomic E-state index is 0. The molecule has 0 aromatic heterocycles. The molecule has 1 heterocycles. The van der Waals surface area contributed by atoms with E-state index in [1.165, 1.54) is 11.8 Å². The molecule has 1 amide bonds. The fourth-order valence-electron chi connectivity index (χ4n) is 2.64. The second-order valence-electron chi connectivity index (χ2n) is 5.36. The molecule has 0 radical (unpaired) electrons. The monoisotopic (exact) mass is 376 g/mol. The van der Waals surface area contributed by atoms with E-state index < -0.39 is 0 Å². The van der Waals surface area contributed by atoms with Crippen LogP contribution in [0.4, 0.5) is 0 Å². The van der Waals surface area contributed by atoms with Crippen LogP contribution in [0.2, 0.25) is 5.02 Å². The Morgan fingerprint density at radius 3 is 2.65 bits per heavy atom. The summed E-state index contributed by atoms with van der Waals surface area (Å²) >= 11 is 7.18. The standard InChI is InChI=1S/C16H21ClN2O2S.ClH/c1-18-9-14-3-2-8-19(14)16(21)11-22-10-15(20)12-4-6-13(17)7-5-12;/h4-7,14,18H,2-3,8-11H2,1H3;1H. The van der Waals surface area contributed by atoms with Crippen LogP contribution >= 0.6 is 35.8 Å². The van der Waals surface area contributed by atoms with Crippen molar-refractivity contribution >= 4 is 47.5 Å². The molecule has 23 heavy (non-hydrogen) atoms. The molecule has 7 heteroatoms. The zero-order valence-electron chi connectivity index (χ0n) is 13.1. The smallest absolute Gasteiger partial charge is 0.232 e. The van der Waals surface area contributed by atoms with Crippen molar-refractivity contribution in [1.29, 1.82) is 0 Å². The third-order valence-corrected chi connectivity index (χ3v) is 4.93. The van der Waals surface area contributed by atoms with Gasteiger partial charge in [0, 0.05) is 29.7 Å². The number of hydrogen-bond donors (Lipinski definition) is 1. The van der Waals surface area contributed by atoms with Crippen molar-refractivity contribution in [2.24, 2.45) is 0 Å². The molecule has 1 aliphatic rings. The van der Waals surface area contributed by atoms with Crippen molar-refractivity contribution in [3.63, 3.8) is 0 Å². The van der Waals surface area contributed by atoms with Crippen molar-refractivity contribution in [2.75, 3.05) is 31.6 Å². The number of likely N-dealkylation sites (N-methyl/N-ethyl adjacent to an activating group) is 1. The molecule has 0 bridgehead atoms. The van der Waals surface area contributed by atoms with Crippen LogP contribution in [0.15, 0.2) is 24.3 Å². The van der Waals surface area contributed by atoms with Gasteiger partial charge in [-0.05, 0) is 44.2 Å². The molecule has 4 nitrogen and oxygen atoms in total. The number of nitrogens with zero attached hydrogens (tertiary/aromatic N) is 1. The summed E-state index contributed by atoms with van der Waals surface area (Å²) in [7, 11) is 1.90. The number of thioether (sulfide) groups is 1. The summed E-state index contributed by atoms with van der Waals surface area (Å²) < 4.78 is 0. The van der Waals surface area contributed by atoms with E-state index in [0.29, 0.717) is 28.1 Å². The summed E-state index contributed by atoms with van der Waals surface area (Å²) in [6.45, 7) is 1.66.